The topological polar surface area (TPSA) is 42.2 Å². The minimum atomic E-state index is -0.561. The molecule has 0 atom stereocenters. The molecule has 1 aromatic rings. The number of halogens is 2. The molecule has 0 heterocycles. The summed E-state index contributed by atoms with van der Waals surface area (Å²) in [5, 5.41) is 8.70. The van der Waals surface area contributed by atoms with Gasteiger partial charge in [0.2, 0.25) is 0 Å². The van der Waals surface area contributed by atoms with Crippen molar-refractivity contribution in [2.75, 3.05) is 13.2 Å². The zero-order valence-corrected chi connectivity index (χ0v) is 11.3. The third-order valence-corrected chi connectivity index (χ3v) is 2.73. The predicted molar refractivity (Wildman–Crippen MR) is 65.4 cm³/mol. The number of nitriles is 1. The highest BCUT2D eigenvalue weighted by molar-refractivity contribution is 9.10. The Morgan fingerprint density at radius 1 is 1.41 bits per heavy atom. The van der Waals surface area contributed by atoms with Gasteiger partial charge in [-0.1, -0.05) is 0 Å². The maximum atomic E-state index is 13.7. The Morgan fingerprint density at radius 2 is 2.12 bits per heavy atom. The van der Waals surface area contributed by atoms with E-state index in [1.54, 1.807) is 0 Å². The van der Waals surface area contributed by atoms with Crippen LogP contribution in [0.3, 0.4) is 0 Å². The lowest BCUT2D eigenvalue weighted by Gasteiger charge is -2.10. The fourth-order valence-electron chi connectivity index (χ4n) is 1.17. The smallest absolute Gasteiger partial charge is 0.180 e. The Bertz CT molecular complexity index is 429. The van der Waals surface area contributed by atoms with Crippen molar-refractivity contribution in [3.8, 4) is 11.8 Å². The molecule has 1 aromatic carbocycles. The van der Waals surface area contributed by atoms with E-state index >= 15 is 0 Å². The lowest BCUT2D eigenvalue weighted by atomic mass is 10.2. The second-order valence-electron chi connectivity index (χ2n) is 3.62. The van der Waals surface area contributed by atoms with E-state index in [0.29, 0.717) is 6.61 Å². The third-order valence-electron chi connectivity index (χ3n) is 1.96. The number of nitrogens with zero attached hydrogens (tertiary/aromatic N) is 1. The molecule has 0 spiro atoms. The van der Waals surface area contributed by atoms with E-state index in [2.05, 4.69) is 15.9 Å². The van der Waals surface area contributed by atoms with Crippen LogP contribution in [0.5, 0.6) is 5.75 Å². The highest BCUT2D eigenvalue weighted by Crippen LogP contribution is 2.28. The van der Waals surface area contributed by atoms with Crippen molar-refractivity contribution in [2.45, 2.75) is 20.0 Å². The Labute approximate surface area is 108 Å². The number of hydrogen-bond acceptors (Lipinski definition) is 3. The molecule has 0 saturated carbocycles. The van der Waals surface area contributed by atoms with Gasteiger partial charge >= 0.3 is 0 Å². The monoisotopic (exact) mass is 301 g/mol. The molecule has 0 fully saturated rings. The lowest BCUT2D eigenvalue weighted by Crippen LogP contribution is -2.11. The van der Waals surface area contributed by atoms with E-state index in [1.807, 2.05) is 19.9 Å². The summed E-state index contributed by atoms with van der Waals surface area (Å²) in [7, 11) is 0. The van der Waals surface area contributed by atoms with Crippen molar-refractivity contribution in [1.82, 2.24) is 0 Å². The van der Waals surface area contributed by atoms with E-state index < -0.39 is 5.82 Å². The van der Waals surface area contributed by atoms with Gasteiger partial charge in [0.05, 0.1) is 22.7 Å². The molecule has 0 radical (unpaired) electrons. The third kappa shape index (κ3) is 3.99. The lowest BCUT2D eigenvalue weighted by molar-refractivity contribution is 0.0544. The Kier molecular flexibility index (Phi) is 5.39. The van der Waals surface area contributed by atoms with Crippen LogP contribution in [-0.4, -0.2) is 19.3 Å². The molecule has 17 heavy (non-hydrogen) atoms. The average Bonchev–Trinajstić information content (AvgIpc) is 2.29. The molecule has 0 aliphatic rings. The summed E-state index contributed by atoms with van der Waals surface area (Å²) in [5.74, 6) is -0.447. The van der Waals surface area contributed by atoms with Gasteiger partial charge in [0, 0.05) is 0 Å². The number of benzene rings is 1. The van der Waals surface area contributed by atoms with E-state index in [-0.39, 0.29) is 28.5 Å². The molecule has 5 heteroatoms. The number of ether oxygens (including phenoxy) is 2. The molecule has 0 unspecified atom stereocenters. The van der Waals surface area contributed by atoms with Gasteiger partial charge in [-0.15, -0.1) is 0 Å². The van der Waals surface area contributed by atoms with Crippen molar-refractivity contribution < 1.29 is 13.9 Å². The van der Waals surface area contributed by atoms with Crippen LogP contribution in [0.15, 0.2) is 16.6 Å². The van der Waals surface area contributed by atoms with Gasteiger partial charge in [-0.2, -0.15) is 5.26 Å². The van der Waals surface area contributed by atoms with E-state index in [4.69, 9.17) is 14.7 Å². The van der Waals surface area contributed by atoms with Crippen LogP contribution in [0.2, 0.25) is 0 Å². The van der Waals surface area contributed by atoms with Crippen LogP contribution in [0, 0.1) is 17.1 Å². The summed E-state index contributed by atoms with van der Waals surface area (Å²) in [6.07, 6.45) is 0.121. The molecule has 0 aliphatic heterocycles. The van der Waals surface area contributed by atoms with Crippen LogP contribution in [0.25, 0.3) is 0 Å². The van der Waals surface area contributed by atoms with Crippen LogP contribution < -0.4 is 4.74 Å². The van der Waals surface area contributed by atoms with Gasteiger partial charge < -0.3 is 9.47 Å². The van der Waals surface area contributed by atoms with Gasteiger partial charge in [0.1, 0.15) is 12.7 Å². The molecule has 0 aromatic heterocycles. The van der Waals surface area contributed by atoms with Crippen molar-refractivity contribution in [2.24, 2.45) is 0 Å². The Morgan fingerprint density at radius 3 is 2.71 bits per heavy atom. The molecule has 0 saturated heterocycles. The quantitative estimate of drug-likeness (QED) is 0.784. The predicted octanol–water partition coefficient (Wildman–Crippen LogP) is 3.26. The van der Waals surface area contributed by atoms with E-state index in [1.165, 1.54) is 12.1 Å². The van der Waals surface area contributed by atoms with Crippen molar-refractivity contribution >= 4 is 15.9 Å². The largest absolute Gasteiger partial charge is 0.488 e. The maximum absolute atomic E-state index is 13.7. The summed E-state index contributed by atoms with van der Waals surface area (Å²) < 4.78 is 24.3. The molecule has 0 N–H and O–H groups in total. The maximum Gasteiger partial charge on any atom is 0.180 e. The summed E-state index contributed by atoms with van der Waals surface area (Å²) in [4.78, 5) is 0. The molecular weight excluding hydrogens is 289 g/mol. The number of rotatable bonds is 5. The van der Waals surface area contributed by atoms with Gasteiger partial charge in [-0.3, -0.25) is 0 Å². The first-order valence-electron chi connectivity index (χ1n) is 5.18. The molecule has 92 valence electrons. The summed E-state index contributed by atoms with van der Waals surface area (Å²) >= 11 is 3.01. The first-order valence-corrected chi connectivity index (χ1v) is 5.98. The molecule has 0 amide bonds. The Balaban J connectivity index is 2.61. The summed E-state index contributed by atoms with van der Waals surface area (Å²) in [6, 6.07) is 4.82. The van der Waals surface area contributed by atoms with Gasteiger partial charge in [0.15, 0.2) is 11.6 Å². The van der Waals surface area contributed by atoms with Crippen LogP contribution in [0.1, 0.15) is 19.4 Å². The number of hydrogen-bond donors (Lipinski definition) is 0. The normalized spacial score (nSPS) is 10.4. The van der Waals surface area contributed by atoms with Crippen molar-refractivity contribution in [1.29, 1.82) is 5.26 Å². The molecule has 0 aliphatic carbocycles. The van der Waals surface area contributed by atoms with E-state index in [9.17, 15) is 4.39 Å². The minimum absolute atomic E-state index is 0.114. The highest BCUT2D eigenvalue weighted by Gasteiger charge is 2.11. The Hall–Kier alpha value is -1.12. The van der Waals surface area contributed by atoms with Crippen molar-refractivity contribution in [3.63, 3.8) is 0 Å². The van der Waals surface area contributed by atoms with Crippen molar-refractivity contribution in [3.05, 3.63) is 28.0 Å². The molecular formula is C12H13BrFNO2. The standard InChI is InChI=1S/C12H13BrFNO2/c1-8(2)16-5-6-17-10-4-3-9(7-15)11(13)12(10)14/h3-4,8H,5-6H2,1-2H3. The first-order chi connectivity index (χ1) is 8.06. The summed E-state index contributed by atoms with van der Waals surface area (Å²) in [5.41, 5.74) is 0.244. The zero-order valence-electron chi connectivity index (χ0n) is 9.67. The minimum Gasteiger partial charge on any atom is -0.488 e. The van der Waals surface area contributed by atoms with E-state index in [0.717, 1.165) is 0 Å². The molecule has 3 nitrogen and oxygen atoms in total. The fraction of sp³-hybridized carbons (Fsp3) is 0.417. The second kappa shape index (κ2) is 6.58. The zero-order chi connectivity index (χ0) is 12.8. The van der Waals surface area contributed by atoms with Gasteiger partial charge in [-0.05, 0) is 41.9 Å². The summed E-state index contributed by atoms with van der Waals surface area (Å²) in [6.45, 7) is 4.50. The fourth-order valence-corrected chi connectivity index (χ4v) is 1.58. The van der Waals surface area contributed by atoms with Crippen LogP contribution in [0.4, 0.5) is 4.39 Å². The molecule has 1 rings (SSSR count). The molecule has 0 bridgehead atoms. The van der Waals surface area contributed by atoms with Gasteiger partial charge in [0.25, 0.3) is 0 Å². The highest BCUT2D eigenvalue weighted by atomic mass is 79.9. The average molecular weight is 302 g/mol. The second-order valence-corrected chi connectivity index (χ2v) is 4.41. The van der Waals surface area contributed by atoms with Crippen LogP contribution in [-0.2, 0) is 4.74 Å². The first kappa shape index (κ1) is 13.9. The SMILES string of the molecule is CC(C)OCCOc1ccc(C#N)c(Br)c1F. The van der Waals surface area contributed by atoms with Gasteiger partial charge in [-0.25, -0.2) is 4.39 Å². The van der Waals surface area contributed by atoms with Crippen LogP contribution >= 0.6 is 15.9 Å².